The van der Waals surface area contributed by atoms with Crippen LogP contribution in [0.4, 0.5) is 23.2 Å². The SMILES string of the molecule is CN1CCN(c2ccc(C(F)(F)F)cc2F)C(CN)C1. The number of nitrogens with zero attached hydrogens (tertiary/aromatic N) is 2. The zero-order chi connectivity index (χ0) is 14.9. The minimum absolute atomic E-state index is 0.0972. The average Bonchev–Trinajstić information content (AvgIpc) is 2.38. The Hall–Kier alpha value is -1.34. The number of piperazine rings is 1. The van der Waals surface area contributed by atoms with Crippen molar-refractivity contribution < 1.29 is 17.6 Å². The molecule has 1 aliphatic heterocycles. The average molecular weight is 291 g/mol. The molecule has 0 spiro atoms. The summed E-state index contributed by atoms with van der Waals surface area (Å²) >= 11 is 0. The Morgan fingerprint density at radius 3 is 2.55 bits per heavy atom. The number of hydrogen-bond acceptors (Lipinski definition) is 3. The first kappa shape index (κ1) is 15.1. The van der Waals surface area contributed by atoms with Gasteiger partial charge in [0.1, 0.15) is 5.82 Å². The van der Waals surface area contributed by atoms with E-state index < -0.39 is 17.6 Å². The van der Waals surface area contributed by atoms with Crippen LogP contribution < -0.4 is 10.6 Å². The molecule has 20 heavy (non-hydrogen) atoms. The number of nitrogens with two attached hydrogens (primary N) is 1. The predicted octanol–water partition coefficient (Wildman–Crippen LogP) is 1.92. The van der Waals surface area contributed by atoms with Crippen LogP contribution in [0.1, 0.15) is 5.56 Å². The molecule has 2 N–H and O–H groups in total. The molecule has 112 valence electrons. The predicted molar refractivity (Wildman–Crippen MR) is 69.1 cm³/mol. The molecule has 1 fully saturated rings. The van der Waals surface area contributed by atoms with Crippen molar-refractivity contribution >= 4 is 5.69 Å². The summed E-state index contributed by atoms with van der Waals surface area (Å²) in [5.41, 5.74) is 4.88. The highest BCUT2D eigenvalue weighted by Crippen LogP contribution is 2.33. The van der Waals surface area contributed by atoms with E-state index in [2.05, 4.69) is 4.90 Å². The third-order valence-corrected chi connectivity index (χ3v) is 3.54. The summed E-state index contributed by atoms with van der Waals surface area (Å²) in [4.78, 5) is 3.81. The van der Waals surface area contributed by atoms with Gasteiger partial charge in [0.05, 0.1) is 17.3 Å². The van der Waals surface area contributed by atoms with Crippen LogP contribution in [0.5, 0.6) is 0 Å². The lowest BCUT2D eigenvalue weighted by Gasteiger charge is -2.41. The number of likely N-dealkylation sites (N-methyl/N-ethyl adjacent to an activating group) is 1. The lowest BCUT2D eigenvalue weighted by Crippen LogP contribution is -2.55. The zero-order valence-electron chi connectivity index (χ0n) is 11.1. The van der Waals surface area contributed by atoms with Crippen molar-refractivity contribution in [3.8, 4) is 0 Å². The molecule has 0 bridgehead atoms. The lowest BCUT2D eigenvalue weighted by molar-refractivity contribution is -0.137. The summed E-state index contributed by atoms with van der Waals surface area (Å²) in [5, 5.41) is 0. The summed E-state index contributed by atoms with van der Waals surface area (Å²) in [5.74, 6) is -0.858. The molecule has 1 heterocycles. The maximum Gasteiger partial charge on any atom is 0.416 e. The fraction of sp³-hybridized carbons (Fsp3) is 0.538. The summed E-state index contributed by atoms with van der Waals surface area (Å²) < 4.78 is 51.6. The maximum atomic E-state index is 14.0. The monoisotopic (exact) mass is 291 g/mol. The third kappa shape index (κ3) is 3.04. The number of rotatable bonds is 2. The number of halogens is 4. The maximum absolute atomic E-state index is 14.0. The Morgan fingerprint density at radius 1 is 1.30 bits per heavy atom. The van der Waals surface area contributed by atoms with Gasteiger partial charge in [-0.1, -0.05) is 0 Å². The van der Waals surface area contributed by atoms with Crippen LogP contribution in [0.15, 0.2) is 18.2 Å². The number of benzene rings is 1. The Morgan fingerprint density at radius 2 is 2.00 bits per heavy atom. The number of alkyl halides is 3. The molecule has 1 aromatic rings. The van der Waals surface area contributed by atoms with Crippen molar-refractivity contribution in [1.29, 1.82) is 0 Å². The van der Waals surface area contributed by atoms with Gasteiger partial charge in [0, 0.05) is 26.2 Å². The van der Waals surface area contributed by atoms with Crippen molar-refractivity contribution in [1.82, 2.24) is 4.90 Å². The van der Waals surface area contributed by atoms with Gasteiger partial charge in [-0.2, -0.15) is 13.2 Å². The van der Waals surface area contributed by atoms with Gasteiger partial charge in [-0.3, -0.25) is 0 Å². The topological polar surface area (TPSA) is 32.5 Å². The molecular formula is C13H17F4N3. The quantitative estimate of drug-likeness (QED) is 0.845. The van der Waals surface area contributed by atoms with Crippen LogP contribution in [0, 0.1) is 5.82 Å². The van der Waals surface area contributed by atoms with Crippen molar-refractivity contribution in [2.75, 3.05) is 38.1 Å². The molecule has 1 aromatic carbocycles. The van der Waals surface area contributed by atoms with E-state index >= 15 is 0 Å². The van der Waals surface area contributed by atoms with Gasteiger partial charge in [-0.25, -0.2) is 4.39 Å². The van der Waals surface area contributed by atoms with Crippen LogP contribution in [0.3, 0.4) is 0 Å². The second kappa shape index (κ2) is 5.57. The molecule has 0 aliphatic carbocycles. The molecule has 3 nitrogen and oxygen atoms in total. The highest BCUT2D eigenvalue weighted by atomic mass is 19.4. The van der Waals surface area contributed by atoms with E-state index in [1.807, 2.05) is 7.05 Å². The van der Waals surface area contributed by atoms with Gasteiger partial charge in [-0.05, 0) is 25.2 Å². The second-order valence-electron chi connectivity index (χ2n) is 5.01. The largest absolute Gasteiger partial charge is 0.416 e. The molecule has 1 unspecified atom stereocenters. The fourth-order valence-corrected chi connectivity index (χ4v) is 2.45. The molecule has 1 aliphatic rings. The Bertz CT molecular complexity index is 475. The van der Waals surface area contributed by atoms with E-state index in [0.29, 0.717) is 25.7 Å². The van der Waals surface area contributed by atoms with E-state index in [-0.39, 0.29) is 11.7 Å². The number of hydrogen-bond donors (Lipinski definition) is 1. The standard InChI is InChI=1S/C13H17F4N3/c1-19-4-5-20(10(7-18)8-19)12-3-2-9(6-11(12)14)13(15,16)17/h2-3,6,10H,4-5,7-8,18H2,1H3. The molecular weight excluding hydrogens is 274 g/mol. The van der Waals surface area contributed by atoms with Crippen LogP contribution in [0.2, 0.25) is 0 Å². The second-order valence-corrected chi connectivity index (χ2v) is 5.01. The summed E-state index contributed by atoms with van der Waals surface area (Å²) in [6.07, 6.45) is -4.53. The van der Waals surface area contributed by atoms with Crippen molar-refractivity contribution in [2.45, 2.75) is 12.2 Å². The first-order chi connectivity index (χ1) is 9.32. The van der Waals surface area contributed by atoms with E-state index in [1.54, 1.807) is 4.90 Å². The smallest absolute Gasteiger partial charge is 0.362 e. The van der Waals surface area contributed by atoms with Gasteiger partial charge in [0.15, 0.2) is 0 Å². The third-order valence-electron chi connectivity index (χ3n) is 3.54. The van der Waals surface area contributed by atoms with Crippen molar-refractivity contribution in [2.24, 2.45) is 5.73 Å². The molecule has 0 amide bonds. The fourth-order valence-electron chi connectivity index (χ4n) is 2.45. The molecule has 1 atom stereocenters. The van der Waals surface area contributed by atoms with Gasteiger partial charge >= 0.3 is 6.18 Å². The summed E-state index contributed by atoms with van der Waals surface area (Å²) in [6.45, 7) is 2.25. The minimum atomic E-state index is -4.53. The van der Waals surface area contributed by atoms with Crippen LogP contribution >= 0.6 is 0 Å². The molecule has 1 saturated heterocycles. The van der Waals surface area contributed by atoms with Crippen LogP contribution in [0.25, 0.3) is 0 Å². The summed E-state index contributed by atoms with van der Waals surface area (Å²) in [6, 6.07) is 2.54. The minimum Gasteiger partial charge on any atom is -0.362 e. The Kier molecular flexibility index (Phi) is 4.19. The van der Waals surface area contributed by atoms with Crippen LogP contribution in [-0.2, 0) is 6.18 Å². The zero-order valence-corrected chi connectivity index (χ0v) is 11.1. The Labute approximate surface area is 115 Å². The summed E-state index contributed by atoms with van der Waals surface area (Å²) in [7, 11) is 1.93. The molecule has 0 aromatic heterocycles. The first-order valence-corrected chi connectivity index (χ1v) is 6.35. The molecule has 7 heteroatoms. The number of anilines is 1. The van der Waals surface area contributed by atoms with Gasteiger partial charge in [-0.15, -0.1) is 0 Å². The van der Waals surface area contributed by atoms with E-state index in [9.17, 15) is 17.6 Å². The molecule has 0 radical (unpaired) electrons. The highest BCUT2D eigenvalue weighted by molar-refractivity contribution is 5.51. The van der Waals surface area contributed by atoms with Crippen molar-refractivity contribution in [3.63, 3.8) is 0 Å². The Balaban J connectivity index is 2.28. The van der Waals surface area contributed by atoms with Gasteiger partial charge in [0.2, 0.25) is 0 Å². The van der Waals surface area contributed by atoms with E-state index in [1.165, 1.54) is 6.07 Å². The van der Waals surface area contributed by atoms with Crippen LogP contribution in [-0.4, -0.2) is 44.2 Å². The first-order valence-electron chi connectivity index (χ1n) is 6.35. The molecule has 0 saturated carbocycles. The van der Waals surface area contributed by atoms with Gasteiger partial charge < -0.3 is 15.5 Å². The molecule has 2 rings (SSSR count). The van der Waals surface area contributed by atoms with Gasteiger partial charge in [0.25, 0.3) is 0 Å². The lowest BCUT2D eigenvalue weighted by atomic mass is 10.1. The highest BCUT2D eigenvalue weighted by Gasteiger charge is 2.32. The van der Waals surface area contributed by atoms with Crippen molar-refractivity contribution in [3.05, 3.63) is 29.6 Å². The van der Waals surface area contributed by atoms with E-state index in [0.717, 1.165) is 12.6 Å². The van der Waals surface area contributed by atoms with E-state index in [4.69, 9.17) is 5.73 Å². The normalized spacial score (nSPS) is 21.3.